The summed E-state index contributed by atoms with van der Waals surface area (Å²) in [6.07, 6.45) is 24.8. The minimum atomic E-state index is 0.167. The van der Waals surface area contributed by atoms with Gasteiger partial charge in [0.15, 0.2) is 0 Å². The average molecular weight is 459 g/mol. The van der Waals surface area contributed by atoms with E-state index < -0.39 is 0 Å². The van der Waals surface area contributed by atoms with Gasteiger partial charge in [-0.25, -0.2) is 0 Å². The summed E-state index contributed by atoms with van der Waals surface area (Å²) in [6, 6.07) is 5.92. The molecule has 0 spiro atoms. The van der Waals surface area contributed by atoms with Crippen LogP contribution in [0.3, 0.4) is 0 Å². The molecule has 178 valence electrons. The Balaban J connectivity index is 1.40. The lowest BCUT2D eigenvalue weighted by Crippen LogP contribution is -2.25. The van der Waals surface area contributed by atoms with Crippen LogP contribution in [0.2, 0.25) is 5.02 Å². The van der Waals surface area contributed by atoms with Crippen LogP contribution in [0.5, 0.6) is 0 Å². The molecule has 1 aromatic carbocycles. The number of rotatable bonds is 18. The lowest BCUT2D eigenvalue weighted by atomic mass is 10.1. The van der Waals surface area contributed by atoms with E-state index in [1.54, 1.807) is 0 Å². The van der Waals surface area contributed by atoms with Crippen LogP contribution in [-0.4, -0.2) is 17.4 Å². The molecule has 0 saturated carbocycles. The fourth-order valence-electron chi connectivity index (χ4n) is 4.16. The van der Waals surface area contributed by atoms with Crippen molar-refractivity contribution < 1.29 is 4.79 Å². The van der Waals surface area contributed by atoms with Gasteiger partial charge in [0, 0.05) is 24.5 Å². The van der Waals surface area contributed by atoms with Gasteiger partial charge in [0.05, 0.1) is 10.5 Å². The van der Waals surface area contributed by atoms with Crippen molar-refractivity contribution in [2.45, 2.75) is 103 Å². The molecule has 1 aromatic heterocycles. The van der Waals surface area contributed by atoms with Gasteiger partial charge in [-0.15, -0.1) is 0 Å². The third-order valence-corrected chi connectivity index (χ3v) is 6.45. The van der Waals surface area contributed by atoms with Gasteiger partial charge < -0.3 is 10.3 Å². The molecule has 0 aliphatic rings. The highest BCUT2D eigenvalue weighted by atomic mass is 35.5. The van der Waals surface area contributed by atoms with Crippen molar-refractivity contribution in [2.75, 3.05) is 6.54 Å². The molecule has 0 radical (unpaired) electrons. The number of para-hydroxylation sites is 1. The summed E-state index contributed by atoms with van der Waals surface area (Å²) in [4.78, 5) is 15.3. The maximum atomic E-state index is 12.1. The van der Waals surface area contributed by atoms with Gasteiger partial charge in [-0.1, -0.05) is 94.2 Å². The number of carbonyl (C=O) groups excluding carboxylic acids is 1. The van der Waals surface area contributed by atoms with Gasteiger partial charge in [-0.05, 0) is 50.2 Å². The van der Waals surface area contributed by atoms with E-state index in [4.69, 9.17) is 11.6 Å². The molecule has 0 bridgehead atoms. The Morgan fingerprint density at radius 2 is 1.59 bits per heavy atom. The molecule has 2 aromatic rings. The normalized spacial score (nSPS) is 11.6. The average Bonchev–Trinajstić information content (AvgIpc) is 3.21. The Morgan fingerprint density at radius 1 is 0.938 bits per heavy atom. The predicted octanol–water partition coefficient (Wildman–Crippen LogP) is 8.52. The molecule has 0 aliphatic heterocycles. The van der Waals surface area contributed by atoms with E-state index in [0.29, 0.717) is 13.0 Å². The number of fused-ring (bicyclic) bond motifs is 1. The zero-order chi connectivity index (χ0) is 22.9. The molecule has 4 heteroatoms. The van der Waals surface area contributed by atoms with Crippen molar-refractivity contribution in [3.63, 3.8) is 0 Å². The highest BCUT2D eigenvalue weighted by Crippen LogP contribution is 2.25. The number of hydrogen-bond acceptors (Lipinski definition) is 1. The second-order valence-electron chi connectivity index (χ2n) is 8.91. The number of allylic oxidation sites excluding steroid dienone is 2. The van der Waals surface area contributed by atoms with Gasteiger partial charge in [0.1, 0.15) is 0 Å². The zero-order valence-electron chi connectivity index (χ0n) is 20.1. The van der Waals surface area contributed by atoms with Crippen LogP contribution in [0.15, 0.2) is 36.5 Å². The summed E-state index contributed by atoms with van der Waals surface area (Å²) < 4.78 is 0. The zero-order valence-corrected chi connectivity index (χ0v) is 20.8. The number of hydrogen-bond donors (Lipinski definition) is 2. The summed E-state index contributed by atoms with van der Waals surface area (Å²) in [6.45, 7) is 2.94. The lowest BCUT2D eigenvalue weighted by molar-refractivity contribution is -0.121. The van der Waals surface area contributed by atoms with Crippen molar-refractivity contribution in [1.29, 1.82) is 0 Å². The second-order valence-corrected chi connectivity index (χ2v) is 9.32. The number of nitrogens with one attached hydrogen (secondary N) is 2. The Hall–Kier alpha value is -1.74. The van der Waals surface area contributed by atoms with E-state index in [0.717, 1.165) is 35.2 Å². The van der Waals surface area contributed by atoms with Crippen LogP contribution in [0.4, 0.5) is 0 Å². The van der Waals surface area contributed by atoms with Crippen molar-refractivity contribution >= 4 is 28.4 Å². The molecule has 32 heavy (non-hydrogen) atoms. The second kappa shape index (κ2) is 16.8. The third-order valence-electron chi connectivity index (χ3n) is 6.13. The maximum Gasteiger partial charge on any atom is 0.220 e. The number of carbonyl (C=O) groups is 1. The molecule has 0 aliphatic carbocycles. The first-order valence-corrected chi connectivity index (χ1v) is 13.3. The summed E-state index contributed by atoms with van der Waals surface area (Å²) in [5.41, 5.74) is 2.17. The third kappa shape index (κ3) is 10.7. The first-order valence-electron chi connectivity index (χ1n) is 12.9. The highest BCUT2D eigenvalue weighted by Gasteiger charge is 2.07. The SMILES string of the molecule is CCCCCCCC/C=C\CCCCCCCC(=O)NCCc1c[nH]c2c(Cl)cccc12. The number of amides is 1. The molecule has 1 amide bonds. The van der Waals surface area contributed by atoms with Crippen molar-refractivity contribution in [3.05, 3.63) is 47.1 Å². The van der Waals surface area contributed by atoms with Crippen molar-refractivity contribution in [2.24, 2.45) is 0 Å². The molecular formula is C28H43ClN2O. The van der Waals surface area contributed by atoms with Gasteiger partial charge in [0.25, 0.3) is 0 Å². The first-order chi connectivity index (χ1) is 15.7. The van der Waals surface area contributed by atoms with Crippen molar-refractivity contribution in [3.8, 4) is 0 Å². The fourth-order valence-corrected chi connectivity index (χ4v) is 4.39. The van der Waals surface area contributed by atoms with E-state index >= 15 is 0 Å². The van der Waals surface area contributed by atoms with Crippen LogP contribution in [-0.2, 0) is 11.2 Å². The molecular weight excluding hydrogens is 416 g/mol. The lowest BCUT2D eigenvalue weighted by Gasteiger charge is -2.05. The topological polar surface area (TPSA) is 44.9 Å². The minimum Gasteiger partial charge on any atom is -0.360 e. The van der Waals surface area contributed by atoms with Crippen LogP contribution in [0.25, 0.3) is 10.9 Å². The number of aromatic amines is 1. The molecule has 1 heterocycles. The van der Waals surface area contributed by atoms with Gasteiger partial charge in [0.2, 0.25) is 5.91 Å². The number of unbranched alkanes of at least 4 members (excludes halogenated alkanes) is 11. The van der Waals surface area contributed by atoms with Gasteiger partial charge >= 0.3 is 0 Å². The van der Waals surface area contributed by atoms with E-state index in [-0.39, 0.29) is 5.91 Å². The minimum absolute atomic E-state index is 0.167. The molecule has 2 N–H and O–H groups in total. The number of H-pyrrole nitrogens is 1. The first kappa shape index (κ1) is 26.5. The van der Waals surface area contributed by atoms with Crippen LogP contribution >= 0.6 is 11.6 Å². The van der Waals surface area contributed by atoms with Crippen LogP contribution in [0.1, 0.15) is 102 Å². The number of aromatic nitrogens is 1. The summed E-state index contributed by atoms with van der Waals surface area (Å²) in [5.74, 6) is 0.167. The summed E-state index contributed by atoms with van der Waals surface area (Å²) in [5, 5.41) is 4.94. The van der Waals surface area contributed by atoms with Crippen molar-refractivity contribution in [1.82, 2.24) is 10.3 Å². The van der Waals surface area contributed by atoms with E-state index in [2.05, 4.69) is 35.4 Å². The molecule has 0 saturated heterocycles. The largest absolute Gasteiger partial charge is 0.360 e. The molecule has 0 atom stereocenters. The Morgan fingerprint density at radius 3 is 2.31 bits per heavy atom. The molecule has 3 nitrogen and oxygen atoms in total. The van der Waals surface area contributed by atoms with Crippen LogP contribution in [0, 0.1) is 0 Å². The Bertz CT molecular complexity index is 796. The Kier molecular flexibility index (Phi) is 13.9. The predicted molar refractivity (Wildman–Crippen MR) is 139 cm³/mol. The monoisotopic (exact) mass is 458 g/mol. The number of benzene rings is 1. The summed E-state index contributed by atoms with van der Waals surface area (Å²) in [7, 11) is 0. The van der Waals surface area contributed by atoms with Gasteiger partial charge in [-0.2, -0.15) is 0 Å². The maximum absolute atomic E-state index is 12.1. The molecule has 0 fully saturated rings. The fraction of sp³-hybridized carbons (Fsp3) is 0.607. The summed E-state index contributed by atoms with van der Waals surface area (Å²) >= 11 is 6.20. The quantitative estimate of drug-likeness (QED) is 0.170. The number of halogens is 1. The smallest absolute Gasteiger partial charge is 0.220 e. The highest BCUT2D eigenvalue weighted by molar-refractivity contribution is 6.35. The van der Waals surface area contributed by atoms with E-state index in [1.807, 2.05) is 18.3 Å². The van der Waals surface area contributed by atoms with E-state index in [1.165, 1.54) is 76.2 Å². The standard InChI is InChI=1S/C28H43ClN2O/c1-2-3-4-5-6-7-8-9-10-11-12-13-14-15-16-20-27(32)30-22-21-24-23-31-28-25(24)18-17-19-26(28)29/h9-10,17-19,23,31H,2-8,11-16,20-22H2,1H3,(H,30,32)/b10-9-. The van der Waals surface area contributed by atoms with Crippen LogP contribution < -0.4 is 5.32 Å². The Labute approximate surface area is 200 Å². The van der Waals surface area contributed by atoms with E-state index in [9.17, 15) is 4.79 Å². The molecule has 0 unspecified atom stereocenters. The van der Waals surface area contributed by atoms with Gasteiger partial charge in [-0.3, -0.25) is 4.79 Å². The molecule has 2 rings (SSSR count).